The predicted octanol–water partition coefficient (Wildman–Crippen LogP) is 5.52. The van der Waals surface area contributed by atoms with Crippen molar-refractivity contribution in [3.63, 3.8) is 0 Å². The molecule has 2 aromatic carbocycles. The number of anilines is 1. The number of aryl methyl sites for hydroxylation is 2. The van der Waals surface area contributed by atoms with Gasteiger partial charge in [0.2, 0.25) is 0 Å². The first-order valence-corrected chi connectivity index (χ1v) is 10.1. The van der Waals surface area contributed by atoms with Gasteiger partial charge in [0.15, 0.2) is 6.17 Å². The lowest BCUT2D eigenvalue weighted by Gasteiger charge is -2.37. The molecule has 30 heavy (non-hydrogen) atoms. The number of nitriles is 1. The molecular weight excluding hydrogens is 418 g/mol. The molecule has 5 nitrogen and oxygen atoms in total. The van der Waals surface area contributed by atoms with Crippen molar-refractivity contribution in [3.8, 4) is 17.4 Å². The normalized spacial score (nSPS) is 16.4. The van der Waals surface area contributed by atoms with Crippen molar-refractivity contribution in [1.82, 2.24) is 5.32 Å². The van der Waals surface area contributed by atoms with Crippen molar-refractivity contribution in [1.29, 1.82) is 5.26 Å². The average molecular weight is 436 g/mol. The number of hydrogen-bond acceptors (Lipinski definition) is 5. The van der Waals surface area contributed by atoms with Gasteiger partial charge in [-0.3, -0.25) is 4.79 Å². The van der Waals surface area contributed by atoms with Crippen molar-refractivity contribution < 1.29 is 9.21 Å². The van der Waals surface area contributed by atoms with Crippen molar-refractivity contribution >= 4 is 35.8 Å². The summed E-state index contributed by atoms with van der Waals surface area (Å²) in [7, 11) is 0. The number of rotatable bonds is 3. The highest BCUT2D eigenvalue weighted by atomic mass is 35.5. The molecule has 7 heteroatoms. The first-order valence-electron chi connectivity index (χ1n) is 9.26. The van der Waals surface area contributed by atoms with E-state index in [4.69, 9.17) is 16.0 Å². The Bertz CT molecular complexity index is 1230. The van der Waals surface area contributed by atoms with Crippen molar-refractivity contribution in [2.45, 2.75) is 20.0 Å². The largest absolute Gasteiger partial charge is 0.457 e. The third kappa shape index (κ3) is 3.47. The summed E-state index contributed by atoms with van der Waals surface area (Å²) in [5, 5.41) is 13.2. The van der Waals surface area contributed by atoms with Gasteiger partial charge >= 0.3 is 0 Å². The van der Waals surface area contributed by atoms with Crippen LogP contribution in [0.25, 0.3) is 11.3 Å². The second-order valence-corrected chi connectivity index (χ2v) is 7.86. The van der Waals surface area contributed by atoms with Crippen LogP contribution in [0.4, 0.5) is 5.69 Å². The molecule has 0 bridgehead atoms. The van der Waals surface area contributed by atoms with Gasteiger partial charge in [-0.25, -0.2) is 0 Å². The van der Waals surface area contributed by atoms with Gasteiger partial charge < -0.3 is 14.6 Å². The maximum absolute atomic E-state index is 12.5. The molecule has 1 aliphatic rings. The van der Waals surface area contributed by atoms with Crippen LogP contribution in [0.15, 0.2) is 69.6 Å². The van der Waals surface area contributed by atoms with E-state index in [9.17, 15) is 10.1 Å². The lowest BCUT2D eigenvalue weighted by Crippen LogP contribution is -2.46. The predicted molar refractivity (Wildman–Crippen MR) is 120 cm³/mol. The zero-order valence-corrected chi connectivity index (χ0v) is 18.0. The Morgan fingerprint density at radius 2 is 1.93 bits per heavy atom. The fraction of sp³-hybridized carbons (Fsp3) is 0.130. The van der Waals surface area contributed by atoms with E-state index in [0.29, 0.717) is 16.5 Å². The Kier molecular flexibility index (Phi) is 5.33. The van der Waals surface area contributed by atoms with Gasteiger partial charge in [0.25, 0.3) is 5.91 Å². The number of thiol groups is 1. The molecule has 1 aliphatic heterocycles. The van der Waals surface area contributed by atoms with E-state index in [1.165, 1.54) is 0 Å². The number of carbonyl (C=O) groups is 1. The Balaban J connectivity index is 1.85. The summed E-state index contributed by atoms with van der Waals surface area (Å²) in [6.07, 6.45) is -0.668. The number of amides is 1. The average Bonchev–Trinajstić information content (AvgIpc) is 3.20. The molecule has 1 atom stereocenters. The molecule has 0 spiro atoms. The molecule has 0 radical (unpaired) electrons. The van der Waals surface area contributed by atoms with E-state index in [1.54, 1.807) is 17.0 Å². The topological polar surface area (TPSA) is 69.3 Å². The third-order valence-corrected chi connectivity index (χ3v) is 5.75. The minimum absolute atomic E-state index is 0.0478. The second kappa shape index (κ2) is 7.94. The number of nitrogens with zero attached hydrogens (tertiary/aromatic N) is 2. The zero-order valence-electron chi connectivity index (χ0n) is 16.3. The van der Waals surface area contributed by atoms with E-state index >= 15 is 0 Å². The standard InChI is InChI=1S/C23H18ClN3O2S/c1-13-7-8-14(2)18(11-13)27-21(26-22(28)16(12-25)23(27)30)20-10-9-19(29-20)15-5-3-4-6-17(15)24/h3-11,21,30H,1-2H3,(H,26,28). The van der Waals surface area contributed by atoms with Crippen molar-refractivity contribution in [3.05, 3.63) is 87.1 Å². The van der Waals surface area contributed by atoms with Crippen LogP contribution in [-0.4, -0.2) is 5.91 Å². The molecule has 1 aromatic heterocycles. The van der Waals surface area contributed by atoms with Crippen LogP contribution < -0.4 is 10.2 Å². The van der Waals surface area contributed by atoms with E-state index in [0.717, 1.165) is 22.4 Å². The summed E-state index contributed by atoms with van der Waals surface area (Å²) in [4.78, 5) is 14.4. The number of nitrogens with one attached hydrogen (secondary N) is 1. The highest BCUT2D eigenvalue weighted by Crippen LogP contribution is 2.39. The molecule has 2 heterocycles. The Morgan fingerprint density at radius 3 is 2.67 bits per heavy atom. The third-order valence-electron chi connectivity index (χ3n) is 4.98. The maximum atomic E-state index is 12.5. The SMILES string of the molecule is Cc1ccc(C)c(N2C(S)=C(C#N)C(=O)NC2c2ccc(-c3ccccc3Cl)o2)c1. The zero-order chi connectivity index (χ0) is 21.4. The highest BCUT2D eigenvalue weighted by molar-refractivity contribution is 7.84. The van der Waals surface area contributed by atoms with E-state index in [1.807, 2.05) is 62.4 Å². The summed E-state index contributed by atoms with van der Waals surface area (Å²) >= 11 is 10.9. The van der Waals surface area contributed by atoms with Gasteiger partial charge in [0.1, 0.15) is 23.2 Å². The first-order chi connectivity index (χ1) is 14.4. The van der Waals surface area contributed by atoms with Gasteiger partial charge in [0, 0.05) is 11.3 Å². The highest BCUT2D eigenvalue weighted by Gasteiger charge is 2.36. The fourth-order valence-electron chi connectivity index (χ4n) is 3.44. The monoisotopic (exact) mass is 435 g/mol. The lowest BCUT2D eigenvalue weighted by atomic mass is 10.1. The molecule has 0 saturated heterocycles. The fourth-order valence-corrected chi connectivity index (χ4v) is 4.05. The Morgan fingerprint density at radius 1 is 1.17 bits per heavy atom. The number of benzene rings is 2. The molecule has 0 saturated carbocycles. The quantitative estimate of drug-likeness (QED) is 0.531. The minimum Gasteiger partial charge on any atom is -0.457 e. The second-order valence-electron chi connectivity index (χ2n) is 7.03. The van der Waals surface area contributed by atoms with Gasteiger partial charge in [-0.15, -0.1) is 12.6 Å². The number of halogens is 1. The van der Waals surface area contributed by atoms with Crippen molar-refractivity contribution in [2.75, 3.05) is 4.90 Å². The molecule has 1 unspecified atom stereocenters. The molecule has 1 amide bonds. The van der Waals surface area contributed by atoms with Crippen LogP contribution in [0.1, 0.15) is 23.1 Å². The van der Waals surface area contributed by atoms with Gasteiger partial charge in [0.05, 0.1) is 10.1 Å². The summed E-state index contributed by atoms with van der Waals surface area (Å²) in [5.41, 5.74) is 3.55. The van der Waals surface area contributed by atoms with Crippen molar-refractivity contribution in [2.24, 2.45) is 0 Å². The molecule has 4 rings (SSSR count). The Labute approximate surface area is 185 Å². The van der Waals surface area contributed by atoms with Crippen LogP contribution in [0, 0.1) is 25.2 Å². The van der Waals surface area contributed by atoms with E-state index < -0.39 is 12.1 Å². The molecule has 150 valence electrons. The number of hydrogen-bond donors (Lipinski definition) is 2. The molecule has 1 N–H and O–H groups in total. The number of furan rings is 1. The first kappa shape index (κ1) is 20.1. The summed E-state index contributed by atoms with van der Waals surface area (Å²) < 4.78 is 6.10. The van der Waals surface area contributed by atoms with E-state index in [2.05, 4.69) is 17.9 Å². The van der Waals surface area contributed by atoms with Gasteiger partial charge in [-0.1, -0.05) is 35.9 Å². The summed E-state index contributed by atoms with van der Waals surface area (Å²) in [5.74, 6) is 0.592. The summed E-state index contributed by atoms with van der Waals surface area (Å²) in [6.45, 7) is 3.95. The van der Waals surface area contributed by atoms with Crippen LogP contribution >= 0.6 is 24.2 Å². The van der Waals surface area contributed by atoms with Gasteiger partial charge in [-0.05, 0) is 55.3 Å². The Hall–Kier alpha value is -3.14. The minimum atomic E-state index is -0.668. The van der Waals surface area contributed by atoms with Crippen LogP contribution in [0.2, 0.25) is 5.02 Å². The molecule has 3 aromatic rings. The van der Waals surface area contributed by atoms with Crippen LogP contribution in [0.3, 0.4) is 0 Å². The smallest absolute Gasteiger partial charge is 0.266 e. The maximum Gasteiger partial charge on any atom is 0.266 e. The van der Waals surface area contributed by atoms with Crippen LogP contribution in [0.5, 0.6) is 0 Å². The van der Waals surface area contributed by atoms with Gasteiger partial charge in [-0.2, -0.15) is 5.26 Å². The molecule has 0 aliphatic carbocycles. The molecule has 0 fully saturated rings. The lowest BCUT2D eigenvalue weighted by molar-refractivity contribution is -0.118. The van der Waals surface area contributed by atoms with Crippen LogP contribution in [-0.2, 0) is 4.79 Å². The summed E-state index contributed by atoms with van der Waals surface area (Å²) in [6, 6.07) is 18.9. The number of carbonyl (C=O) groups excluding carboxylic acids is 1. The van der Waals surface area contributed by atoms with E-state index in [-0.39, 0.29) is 10.6 Å². The molecular formula is C23H18ClN3O2S.